The van der Waals surface area contributed by atoms with Crippen LogP contribution in [0, 0.1) is 35.6 Å². The zero-order chi connectivity index (χ0) is 26.8. The summed E-state index contributed by atoms with van der Waals surface area (Å²) < 4.78 is 27.9. The number of aromatic nitrogens is 2. The van der Waals surface area contributed by atoms with Gasteiger partial charge in [0.1, 0.15) is 5.69 Å². The Hall–Kier alpha value is -1.81. The van der Waals surface area contributed by atoms with Gasteiger partial charge in [-0.1, -0.05) is 12.1 Å². The molecular weight excluding hydrogens is 635 g/mol. The fraction of sp³-hybridized carbons (Fsp3) is 0.538. The van der Waals surface area contributed by atoms with Crippen molar-refractivity contribution >= 4 is 12.4 Å². The number of hydrogen-bond donors (Lipinski definition) is 1. The van der Waals surface area contributed by atoms with Gasteiger partial charge in [0.05, 0.1) is 64.2 Å². The van der Waals surface area contributed by atoms with Crippen LogP contribution in [-0.2, 0) is 36.8 Å². The molecule has 0 unspecified atom stereocenters. The van der Waals surface area contributed by atoms with Crippen LogP contribution in [0.3, 0.4) is 0 Å². The average molecular weight is 672 g/mol. The molecule has 0 saturated carbocycles. The average Bonchev–Trinajstić information content (AvgIpc) is 2.91. The summed E-state index contributed by atoms with van der Waals surface area (Å²) in [5.74, 6) is -0.777. The predicted octanol–water partition coefficient (Wildman–Crippen LogP) is 1.09. The smallest absolute Gasteiger partial charge is 0.477 e. The number of rotatable bonds is 7. The Balaban J connectivity index is 0.00000533. The minimum absolute atomic E-state index is 0. The first-order chi connectivity index (χ1) is 18.6. The molecule has 0 atom stereocenters. The van der Waals surface area contributed by atoms with Gasteiger partial charge in [0.25, 0.3) is 6.47 Å². The van der Waals surface area contributed by atoms with Gasteiger partial charge in [-0.15, -0.1) is 0 Å². The van der Waals surface area contributed by atoms with Gasteiger partial charge in [-0.3, -0.25) is 14.6 Å². The molecule has 3 heterocycles. The van der Waals surface area contributed by atoms with Gasteiger partial charge in [-0.2, -0.15) is 0 Å². The van der Waals surface area contributed by atoms with Crippen LogP contribution in [0.4, 0.5) is 0 Å². The van der Waals surface area contributed by atoms with Gasteiger partial charge in [0.2, 0.25) is 5.88 Å². The largest absolute Gasteiger partial charge is 3.00 e. The minimum Gasteiger partial charge on any atom is -0.477 e. The molecule has 1 fully saturated rings. The van der Waals surface area contributed by atoms with Gasteiger partial charge in [0, 0.05) is 45.3 Å². The van der Waals surface area contributed by atoms with E-state index in [1.165, 1.54) is 6.07 Å². The monoisotopic (exact) mass is 671 g/mol. The first-order valence-electron chi connectivity index (χ1n) is 12.6. The van der Waals surface area contributed by atoms with Crippen molar-refractivity contribution in [2.75, 3.05) is 79.0 Å². The number of carbonyl (C=O) groups excluding carboxylic acids is 1. The molecule has 2 aromatic rings. The maximum absolute atomic E-state index is 11.2. The van der Waals surface area contributed by atoms with Crippen LogP contribution in [0.15, 0.2) is 36.4 Å². The quantitative estimate of drug-likeness (QED) is 0.423. The Morgan fingerprint density at radius 1 is 0.769 bits per heavy atom. The van der Waals surface area contributed by atoms with Crippen molar-refractivity contribution in [1.82, 2.24) is 19.8 Å². The van der Waals surface area contributed by atoms with Crippen molar-refractivity contribution in [2.24, 2.45) is 0 Å². The number of carboxylic acids is 1. The fourth-order valence-corrected chi connectivity index (χ4v) is 3.76. The molecule has 0 aliphatic carbocycles. The van der Waals surface area contributed by atoms with E-state index in [1.54, 1.807) is 18.2 Å². The minimum atomic E-state index is -1.04. The van der Waals surface area contributed by atoms with E-state index >= 15 is 0 Å². The maximum atomic E-state index is 11.2. The molecule has 0 aromatic carbocycles. The second-order valence-electron chi connectivity index (χ2n) is 8.50. The molecule has 39 heavy (non-hydrogen) atoms. The Kier molecular flexibility index (Phi) is 17.2. The Bertz CT molecular complexity index is 966. The number of ether oxygens (including phenoxy) is 5. The summed E-state index contributed by atoms with van der Waals surface area (Å²) in [4.78, 5) is 34.7. The van der Waals surface area contributed by atoms with Crippen molar-refractivity contribution in [2.45, 2.75) is 13.1 Å². The molecule has 13 heteroatoms. The van der Waals surface area contributed by atoms with Gasteiger partial charge in [0.15, 0.2) is 0 Å². The van der Waals surface area contributed by atoms with E-state index in [0.29, 0.717) is 104 Å². The van der Waals surface area contributed by atoms with Crippen LogP contribution >= 0.6 is 0 Å². The molecule has 12 nitrogen and oxygen atoms in total. The van der Waals surface area contributed by atoms with Crippen LogP contribution in [0.25, 0.3) is 0 Å². The number of carbonyl (C=O) groups is 2. The Morgan fingerprint density at radius 3 is 1.69 bits per heavy atom. The molecule has 0 amide bonds. The molecule has 0 radical (unpaired) electrons. The molecule has 2 aromatic heterocycles. The van der Waals surface area contributed by atoms with E-state index in [9.17, 15) is 14.7 Å². The van der Waals surface area contributed by atoms with E-state index < -0.39 is 5.97 Å². The van der Waals surface area contributed by atoms with Gasteiger partial charge in [-0.05, 0) is 18.2 Å². The van der Waals surface area contributed by atoms with Crippen molar-refractivity contribution in [3.8, 4) is 5.88 Å². The third kappa shape index (κ3) is 13.9. The molecule has 1 N–H and O–H groups in total. The number of hydrogen-bond acceptors (Lipinski definition) is 11. The summed E-state index contributed by atoms with van der Waals surface area (Å²) in [5.41, 5.74) is 1.50. The summed E-state index contributed by atoms with van der Waals surface area (Å²) in [5, 5.41) is 9.20. The van der Waals surface area contributed by atoms with Crippen molar-refractivity contribution < 1.29 is 74.0 Å². The van der Waals surface area contributed by atoms with Gasteiger partial charge < -0.3 is 28.8 Å². The molecule has 3 rings (SSSR count). The van der Waals surface area contributed by atoms with E-state index in [0.717, 1.165) is 5.69 Å². The molecule has 1 saturated heterocycles. The topological polar surface area (TPSA) is 133 Å². The Labute approximate surface area is 256 Å². The molecule has 1 aliphatic heterocycles. The van der Waals surface area contributed by atoms with Crippen molar-refractivity contribution in [3.63, 3.8) is 0 Å². The summed E-state index contributed by atoms with van der Waals surface area (Å²) in [7, 11) is 0. The zero-order valence-electron chi connectivity index (χ0n) is 22.1. The number of carboxylic acid groups (broad SMARTS) is 1. The van der Waals surface area contributed by atoms with E-state index in [-0.39, 0.29) is 47.2 Å². The summed E-state index contributed by atoms with van der Waals surface area (Å²) >= 11 is 0. The number of nitrogens with zero attached hydrogens (tertiary/aromatic N) is 4. The van der Waals surface area contributed by atoms with Gasteiger partial charge >= 0.3 is 41.6 Å². The first-order valence-corrected chi connectivity index (χ1v) is 12.6. The molecule has 1 aliphatic rings. The van der Waals surface area contributed by atoms with Crippen LogP contribution in [0.1, 0.15) is 21.9 Å². The van der Waals surface area contributed by atoms with Crippen LogP contribution in [-0.4, -0.2) is 116 Å². The summed E-state index contributed by atoms with van der Waals surface area (Å²) in [6, 6.07) is 10.3. The van der Waals surface area contributed by atoms with Crippen molar-refractivity contribution in [1.29, 1.82) is 0 Å². The summed E-state index contributed by atoms with van der Waals surface area (Å²) in [6.07, 6.45) is 0. The Morgan fingerprint density at radius 2 is 1.23 bits per heavy atom. The van der Waals surface area contributed by atoms with E-state index in [2.05, 4.69) is 19.8 Å². The predicted molar refractivity (Wildman–Crippen MR) is 136 cm³/mol. The van der Waals surface area contributed by atoms with Crippen LogP contribution < -0.4 is 4.74 Å². The SMILES string of the molecule is O=COc1cccc(CN2CCOCCOCCN(Cc3cccc(C(=O)O)n3)CCOCCOCC2)n1.[La+3]. The standard InChI is InChI=1S/C26H36N4O8.La/c31-21-38-25-6-2-4-23(28-25)20-30-9-13-36-17-15-34-11-7-29(8-12-35-16-18-37-14-10-30)19-22-3-1-5-24(27-22)26(32)33;/h1-6,21H,7-20H2,(H,32,33);/q;+3. The van der Waals surface area contributed by atoms with E-state index in [4.69, 9.17) is 23.7 Å². The third-order valence-electron chi connectivity index (χ3n) is 5.70. The van der Waals surface area contributed by atoms with Gasteiger partial charge in [-0.25, -0.2) is 14.8 Å². The number of pyridine rings is 2. The molecule has 208 valence electrons. The third-order valence-corrected chi connectivity index (χ3v) is 5.70. The fourth-order valence-electron chi connectivity index (χ4n) is 3.76. The second-order valence-corrected chi connectivity index (χ2v) is 8.50. The maximum Gasteiger partial charge on any atom is 3.00 e. The molecule has 0 bridgehead atoms. The van der Waals surface area contributed by atoms with Crippen LogP contribution in [0.5, 0.6) is 5.88 Å². The zero-order valence-corrected chi connectivity index (χ0v) is 25.7. The second kappa shape index (κ2) is 20.1. The van der Waals surface area contributed by atoms with Crippen molar-refractivity contribution in [3.05, 3.63) is 53.5 Å². The summed E-state index contributed by atoms with van der Waals surface area (Å²) in [6.45, 7) is 7.99. The molecular formula is C26H36LaN4O8+3. The number of aromatic carboxylic acids is 1. The molecule has 0 spiro atoms. The first kappa shape index (κ1) is 33.4. The van der Waals surface area contributed by atoms with E-state index in [1.807, 2.05) is 12.1 Å². The van der Waals surface area contributed by atoms with Crippen LogP contribution in [0.2, 0.25) is 0 Å². The normalized spacial score (nSPS) is 17.7.